The van der Waals surface area contributed by atoms with Crippen LogP contribution in [0.3, 0.4) is 0 Å². The molecule has 0 spiro atoms. The van der Waals surface area contributed by atoms with Gasteiger partial charge in [-0.1, -0.05) is 22.0 Å². The molecule has 2 heterocycles. The molecule has 1 aliphatic rings. The number of hydrogen-bond donors (Lipinski definition) is 0. The van der Waals surface area contributed by atoms with Gasteiger partial charge in [0, 0.05) is 30.0 Å². The predicted octanol–water partition coefficient (Wildman–Crippen LogP) is 1.85. The molecular weight excluding hydrogens is 330 g/mol. The second kappa shape index (κ2) is 4.73. The zero-order valence-corrected chi connectivity index (χ0v) is 12.4. The molecule has 3 rings (SSSR count). The van der Waals surface area contributed by atoms with Crippen LogP contribution in [0.1, 0.15) is 5.82 Å². The SMILES string of the molecule is O=S(=O)(c1cccc(Br)c1)N1CCn2ccnc2C1. The van der Waals surface area contributed by atoms with Gasteiger partial charge in [-0.25, -0.2) is 13.4 Å². The van der Waals surface area contributed by atoms with Crippen LogP contribution in [0.5, 0.6) is 0 Å². The van der Waals surface area contributed by atoms with Crippen molar-refractivity contribution in [3.8, 4) is 0 Å². The van der Waals surface area contributed by atoms with Crippen molar-refractivity contribution in [1.29, 1.82) is 0 Å². The van der Waals surface area contributed by atoms with Gasteiger partial charge in [0.15, 0.2) is 0 Å². The number of aromatic nitrogens is 2. The van der Waals surface area contributed by atoms with E-state index in [1.54, 1.807) is 24.4 Å². The zero-order chi connectivity index (χ0) is 13.5. The van der Waals surface area contributed by atoms with Gasteiger partial charge in [0.25, 0.3) is 0 Å². The monoisotopic (exact) mass is 341 g/mol. The molecule has 1 aromatic heterocycles. The van der Waals surface area contributed by atoms with Crippen LogP contribution in [0, 0.1) is 0 Å². The number of benzene rings is 1. The molecule has 0 amide bonds. The number of rotatable bonds is 2. The average Bonchev–Trinajstić information content (AvgIpc) is 2.85. The van der Waals surface area contributed by atoms with Crippen molar-refractivity contribution >= 4 is 26.0 Å². The highest BCUT2D eigenvalue weighted by atomic mass is 79.9. The minimum atomic E-state index is -3.46. The smallest absolute Gasteiger partial charge is 0.243 e. The van der Waals surface area contributed by atoms with Gasteiger partial charge >= 0.3 is 0 Å². The summed E-state index contributed by atoms with van der Waals surface area (Å²) in [6.07, 6.45) is 3.57. The maximum absolute atomic E-state index is 12.5. The summed E-state index contributed by atoms with van der Waals surface area (Å²) in [5.74, 6) is 0.782. The molecule has 0 saturated carbocycles. The van der Waals surface area contributed by atoms with Crippen LogP contribution in [-0.2, 0) is 23.1 Å². The van der Waals surface area contributed by atoms with E-state index in [1.807, 2.05) is 16.8 Å². The largest absolute Gasteiger partial charge is 0.333 e. The molecule has 19 heavy (non-hydrogen) atoms. The topological polar surface area (TPSA) is 55.2 Å². The van der Waals surface area contributed by atoms with E-state index in [0.717, 1.165) is 10.3 Å². The van der Waals surface area contributed by atoms with Gasteiger partial charge in [-0.15, -0.1) is 0 Å². The number of hydrogen-bond acceptors (Lipinski definition) is 3. The first-order valence-corrected chi connectivity index (χ1v) is 8.06. The Balaban J connectivity index is 1.94. The third-order valence-electron chi connectivity index (χ3n) is 3.14. The lowest BCUT2D eigenvalue weighted by Crippen LogP contribution is -2.38. The van der Waals surface area contributed by atoms with Crippen LogP contribution in [0.2, 0.25) is 0 Å². The van der Waals surface area contributed by atoms with Crippen LogP contribution >= 0.6 is 15.9 Å². The highest BCUT2D eigenvalue weighted by Crippen LogP contribution is 2.23. The van der Waals surface area contributed by atoms with Crippen molar-refractivity contribution < 1.29 is 8.42 Å². The van der Waals surface area contributed by atoms with E-state index in [4.69, 9.17) is 0 Å². The van der Waals surface area contributed by atoms with Crippen molar-refractivity contribution in [2.75, 3.05) is 6.54 Å². The summed E-state index contributed by atoms with van der Waals surface area (Å²) in [6, 6.07) is 6.77. The van der Waals surface area contributed by atoms with Gasteiger partial charge in [-0.3, -0.25) is 0 Å². The second-order valence-corrected chi connectivity index (χ2v) is 7.19. The van der Waals surface area contributed by atoms with Gasteiger partial charge in [0.2, 0.25) is 10.0 Å². The van der Waals surface area contributed by atoms with Crippen LogP contribution in [0.4, 0.5) is 0 Å². The van der Waals surface area contributed by atoms with Crippen molar-refractivity contribution in [2.45, 2.75) is 18.0 Å². The molecule has 0 N–H and O–H groups in total. The molecule has 7 heteroatoms. The molecular formula is C12H12BrN3O2S. The van der Waals surface area contributed by atoms with Gasteiger partial charge in [-0.2, -0.15) is 4.31 Å². The molecule has 0 fully saturated rings. The van der Waals surface area contributed by atoms with E-state index in [9.17, 15) is 8.42 Å². The standard InChI is InChI=1S/C12H12BrN3O2S/c13-10-2-1-3-11(8-10)19(17,18)16-7-6-15-5-4-14-12(15)9-16/h1-5,8H,6-7,9H2. The van der Waals surface area contributed by atoms with E-state index < -0.39 is 10.0 Å². The Morgan fingerprint density at radius 3 is 2.89 bits per heavy atom. The maximum atomic E-state index is 12.5. The van der Waals surface area contributed by atoms with Crippen molar-refractivity contribution in [1.82, 2.24) is 13.9 Å². The number of halogens is 1. The molecule has 0 unspecified atom stereocenters. The fourth-order valence-electron chi connectivity index (χ4n) is 2.13. The molecule has 1 aromatic carbocycles. The fourth-order valence-corrected chi connectivity index (χ4v) is 4.12. The Morgan fingerprint density at radius 2 is 2.11 bits per heavy atom. The summed E-state index contributed by atoms with van der Waals surface area (Å²) in [5, 5.41) is 0. The highest BCUT2D eigenvalue weighted by Gasteiger charge is 2.28. The van der Waals surface area contributed by atoms with Gasteiger partial charge in [-0.05, 0) is 18.2 Å². The number of fused-ring (bicyclic) bond motifs is 1. The zero-order valence-electron chi connectivity index (χ0n) is 10.0. The van der Waals surface area contributed by atoms with Crippen LogP contribution in [0.15, 0.2) is 46.0 Å². The third kappa shape index (κ3) is 2.33. The van der Waals surface area contributed by atoms with Crippen molar-refractivity contribution in [3.05, 3.63) is 47.0 Å². The Labute approximate surface area is 120 Å². The lowest BCUT2D eigenvalue weighted by Gasteiger charge is -2.26. The Morgan fingerprint density at radius 1 is 1.26 bits per heavy atom. The van der Waals surface area contributed by atoms with E-state index in [-0.39, 0.29) is 0 Å². The van der Waals surface area contributed by atoms with Gasteiger partial charge in [0.1, 0.15) is 5.82 Å². The van der Waals surface area contributed by atoms with E-state index in [1.165, 1.54) is 4.31 Å². The van der Waals surface area contributed by atoms with Crippen LogP contribution in [0.25, 0.3) is 0 Å². The number of nitrogens with zero attached hydrogens (tertiary/aromatic N) is 3. The summed E-state index contributed by atoms with van der Waals surface area (Å²) in [4.78, 5) is 4.49. The lowest BCUT2D eigenvalue weighted by atomic mass is 10.4. The second-order valence-electron chi connectivity index (χ2n) is 4.33. The molecule has 5 nitrogen and oxygen atoms in total. The predicted molar refractivity (Wildman–Crippen MR) is 74.0 cm³/mol. The van der Waals surface area contributed by atoms with E-state index in [0.29, 0.717) is 24.5 Å². The number of sulfonamides is 1. The summed E-state index contributed by atoms with van der Waals surface area (Å²) >= 11 is 3.30. The molecule has 0 radical (unpaired) electrons. The van der Waals surface area contributed by atoms with Gasteiger partial charge in [0.05, 0.1) is 11.4 Å². The molecule has 0 atom stereocenters. The fraction of sp³-hybridized carbons (Fsp3) is 0.250. The molecule has 100 valence electrons. The minimum absolute atomic E-state index is 0.307. The summed E-state index contributed by atoms with van der Waals surface area (Å²) < 4.78 is 29.3. The van der Waals surface area contributed by atoms with E-state index in [2.05, 4.69) is 20.9 Å². The maximum Gasteiger partial charge on any atom is 0.243 e. The summed E-state index contributed by atoms with van der Waals surface area (Å²) in [7, 11) is -3.46. The summed E-state index contributed by atoms with van der Waals surface area (Å²) in [6.45, 7) is 1.43. The van der Waals surface area contributed by atoms with Crippen LogP contribution in [-0.4, -0.2) is 28.8 Å². The van der Waals surface area contributed by atoms with Crippen molar-refractivity contribution in [2.24, 2.45) is 0 Å². The minimum Gasteiger partial charge on any atom is -0.333 e. The Hall–Kier alpha value is -1.18. The molecule has 2 aromatic rings. The first-order valence-electron chi connectivity index (χ1n) is 5.83. The highest BCUT2D eigenvalue weighted by molar-refractivity contribution is 9.10. The molecule has 0 aliphatic carbocycles. The molecule has 1 aliphatic heterocycles. The Kier molecular flexibility index (Phi) is 3.20. The van der Waals surface area contributed by atoms with E-state index >= 15 is 0 Å². The Bertz CT molecular complexity index is 711. The lowest BCUT2D eigenvalue weighted by molar-refractivity contribution is 0.335. The average molecular weight is 342 g/mol. The van der Waals surface area contributed by atoms with Crippen molar-refractivity contribution in [3.63, 3.8) is 0 Å². The number of imidazole rings is 1. The first kappa shape index (κ1) is 12.8. The van der Waals surface area contributed by atoms with Crippen LogP contribution < -0.4 is 0 Å². The molecule has 0 bridgehead atoms. The summed E-state index contributed by atoms with van der Waals surface area (Å²) in [5.41, 5.74) is 0. The van der Waals surface area contributed by atoms with Gasteiger partial charge < -0.3 is 4.57 Å². The first-order chi connectivity index (χ1) is 9.07. The normalized spacial score (nSPS) is 16.3. The quantitative estimate of drug-likeness (QED) is 0.837. The third-order valence-corrected chi connectivity index (χ3v) is 5.48. The molecule has 0 saturated heterocycles.